The molecule has 0 spiro atoms. The average Bonchev–Trinajstić information content (AvgIpc) is 3.70. The minimum atomic E-state index is -1.23. The molecule has 3 aromatic carbocycles. The third kappa shape index (κ3) is 6.96. The first-order chi connectivity index (χ1) is 21.2. The maximum absolute atomic E-state index is 13.3. The molecular weight excluding hydrogens is 594 g/mol. The second-order valence-corrected chi connectivity index (χ2v) is 9.96. The molecule has 1 fully saturated rings. The van der Waals surface area contributed by atoms with Crippen LogP contribution >= 0.6 is 11.6 Å². The number of halogens is 1. The predicted molar refractivity (Wildman–Crippen MR) is 158 cm³/mol. The average molecular weight is 618 g/mol. The van der Waals surface area contributed by atoms with Crippen LogP contribution in [0.15, 0.2) is 73.1 Å². The molecule has 5 amide bonds. The molecule has 1 aliphatic heterocycles. The highest BCUT2D eigenvalue weighted by atomic mass is 35.5. The van der Waals surface area contributed by atoms with Crippen LogP contribution in [0.2, 0.25) is 5.02 Å². The van der Waals surface area contributed by atoms with Gasteiger partial charge in [-0.05, 0) is 70.6 Å². The summed E-state index contributed by atoms with van der Waals surface area (Å²) in [6, 6.07) is 15.4. The van der Waals surface area contributed by atoms with Crippen molar-refractivity contribution in [3.8, 4) is 5.69 Å². The summed E-state index contributed by atoms with van der Waals surface area (Å²) in [5, 5.41) is 30.6. The van der Waals surface area contributed by atoms with Crippen molar-refractivity contribution >= 4 is 58.4 Å². The third-order valence-electron chi connectivity index (χ3n) is 6.57. The number of urea groups is 1. The van der Waals surface area contributed by atoms with E-state index in [1.165, 1.54) is 41.3 Å². The van der Waals surface area contributed by atoms with Gasteiger partial charge in [0.05, 0.1) is 16.9 Å². The van der Waals surface area contributed by atoms with Gasteiger partial charge < -0.3 is 26.4 Å². The van der Waals surface area contributed by atoms with Crippen LogP contribution < -0.4 is 26.2 Å². The van der Waals surface area contributed by atoms with E-state index in [2.05, 4.69) is 36.8 Å². The number of nitrogens with one attached hydrogen (secondary N) is 4. The molecule has 5 N–H and O–H groups in total. The lowest BCUT2D eigenvalue weighted by molar-refractivity contribution is -0.137. The molecule has 0 saturated carbocycles. The molecule has 1 aliphatic rings. The van der Waals surface area contributed by atoms with Gasteiger partial charge in [-0.1, -0.05) is 23.7 Å². The number of hydrogen-bond donors (Lipinski definition) is 5. The van der Waals surface area contributed by atoms with Crippen molar-refractivity contribution in [1.82, 2.24) is 30.8 Å². The number of rotatable bonds is 9. The van der Waals surface area contributed by atoms with Crippen LogP contribution in [-0.4, -0.2) is 74.2 Å². The lowest BCUT2D eigenvalue weighted by Gasteiger charge is -2.20. The first kappa shape index (κ1) is 29.7. The van der Waals surface area contributed by atoms with E-state index in [0.717, 1.165) is 0 Å². The van der Waals surface area contributed by atoms with Crippen LogP contribution in [0.5, 0.6) is 0 Å². The van der Waals surface area contributed by atoms with Crippen LogP contribution in [0.4, 0.5) is 21.9 Å². The third-order valence-corrected chi connectivity index (χ3v) is 6.81. The largest absolute Gasteiger partial charge is 0.478 e. The second kappa shape index (κ2) is 13.0. The number of carbonyl (C=O) groups excluding carboxylic acids is 4. The van der Waals surface area contributed by atoms with E-state index >= 15 is 0 Å². The highest BCUT2D eigenvalue weighted by Crippen LogP contribution is 2.24. The highest BCUT2D eigenvalue weighted by Gasteiger charge is 2.27. The number of aromatic carboxylic acids is 1. The number of carboxylic acids is 1. The van der Waals surface area contributed by atoms with Crippen LogP contribution in [0.3, 0.4) is 0 Å². The second-order valence-electron chi connectivity index (χ2n) is 9.52. The van der Waals surface area contributed by atoms with Gasteiger partial charge in [0.25, 0.3) is 0 Å². The fourth-order valence-electron chi connectivity index (χ4n) is 4.38. The summed E-state index contributed by atoms with van der Waals surface area (Å²) in [6.45, 7) is 1.04. The van der Waals surface area contributed by atoms with Crippen molar-refractivity contribution in [1.29, 1.82) is 0 Å². The van der Waals surface area contributed by atoms with E-state index < -0.39 is 29.7 Å². The van der Waals surface area contributed by atoms with E-state index in [-0.39, 0.29) is 34.4 Å². The molecule has 0 bridgehead atoms. The molecule has 16 heteroatoms. The van der Waals surface area contributed by atoms with E-state index in [1.54, 1.807) is 41.3 Å². The molecule has 4 aromatic rings. The van der Waals surface area contributed by atoms with Gasteiger partial charge in [-0.2, -0.15) is 4.68 Å². The first-order valence-corrected chi connectivity index (χ1v) is 13.5. The van der Waals surface area contributed by atoms with E-state index in [4.69, 9.17) is 16.7 Å². The van der Waals surface area contributed by atoms with Gasteiger partial charge >= 0.3 is 23.8 Å². The fraction of sp³-hybridized carbons (Fsp3) is 0.143. The molecule has 1 saturated heterocycles. The Morgan fingerprint density at radius 3 is 2.36 bits per heavy atom. The van der Waals surface area contributed by atoms with Crippen molar-refractivity contribution in [2.24, 2.45) is 0 Å². The maximum Gasteiger partial charge on any atom is 0.335 e. The number of hydrogen-bond acceptors (Lipinski definition) is 8. The Morgan fingerprint density at radius 1 is 0.977 bits per heavy atom. The summed E-state index contributed by atoms with van der Waals surface area (Å²) >= 11 is 6.10. The molecular formula is C28H24ClN9O6. The molecule has 1 atom stereocenters. The van der Waals surface area contributed by atoms with Crippen molar-refractivity contribution in [2.45, 2.75) is 12.5 Å². The SMILES string of the molecule is O=C(Nc1cc(Cl)ccc1-n1cnnn1)C(=O)N[C@@H](Cc1ccc(N2CCNC2=O)cc1)C(=O)Nc1ccc(C(=O)O)cc1. The van der Waals surface area contributed by atoms with Crippen molar-refractivity contribution < 1.29 is 29.1 Å². The summed E-state index contributed by atoms with van der Waals surface area (Å²) in [5.41, 5.74) is 2.08. The lowest BCUT2D eigenvalue weighted by atomic mass is 10.0. The number of aromatic nitrogens is 4. The number of benzene rings is 3. The molecule has 15 nitrogen and oxygen atoms in total. The zero-order chi connectivity index (χ0) is 31.2. The Kier molecular flexibility index (Phi) is 8.76. The summed E-state index contributed by atoms with van der Waals surface area (Å²) in [4.78, 5) is 64.2. The summed E-state index contributed by atoms with van der Waals surface area (Å²) < 4.78 is 1.27. The van der Waals surface area contributed by atoms with Gasteiger partial charge in [0.1, 0.15) is 12.4 Å². The van der Waals surface area contributed by atoms with Crippen molar-refractivity contribution in [3.63, 3.8) is 0 Å². The molecule has 44 heavy (non-hydrogen) atoms. The number of tetrazole rings is 1. The monoisotopic (exact) mass is 617 g/mol. The number of carboxylic acid groups (broad SMARTS) is 1. The van der Waals surface area contributed by atoms with Crippen molar-refractivity contribution in [2.75, 3.05) is 28.6 Å². The number of carbonyl (C=O) groups is 5. The lowest BCUT2D eigenvalue weighted by Crippen LogP contribution is -2.49. The van der Waals surface area contributed by atoms with Crippen LogP contribution in [0.1, 0.15) is 15.9 Å². The summed E-state index contributed by atoms with van der Waals surface area (Å²) in [5.74, 6) is -3.98. The van der Waals surface area contributed by atoms with Gasteiger partial charge in [0, 0.05) is 35.9 Å². The van der Waals surface area contributed by atoms with Gasteiger partial charge in [-0.25, -0.2) is 9.59 Å². The number of amides is 5. The van der Waals surface area contributed by atoms with Crippen LogP contribution in [-0.2, 0) is 20.8 Å². The maximum atomic E-state index is 13.3. The van der Waals surface area contributed by atoms with E-state index in [1.807, 2.05) is 0 Å². The normalized spacial score (nSPS) is 13.1. The number of anilines is 3. The quantitative estimate of drug-likeness (QED) is 0.174. The van der Waals surface area contributed by atoms with Crippen LogP contribution in [0, 0.1) is 0 Å². The summed E-state index contributed by atoms with van der Waals surface area (Å²) in [7, 11) is 0. The van der Waals surface area contributed by atoms with Gasteiger partial charge in [-0.15, -0.1) is 5.10 Å². The Balaban J connectivity index is 1.34. The minimum absolute atomic E-state index is 0.0163. The smallest absolute Gasteiger partial charge is 0.335 e. The Bertz CT molecular complexity index is 1710. The van der Waals surface area contributed by atoms with Gasteiger partial charge in [-0.3, -0.25) is 19.3 Å². The van der Waals surface area contributed by atoms with E-state index in [0.29, 0.717) is 30.0 Å². The Hall–Kier alpha value is -5.83. The van der Waals surface area contributed by atoms with Gasteiger partial charge in [0.15, 0.2) is 0 Å². The zero-order valence-corrected chi connectivity index (χ0v) is 23.5. The molecule has 5 rings (SSSR count). The Labute approximate surface area is 254 Å². The van der Waals surface area contributed by atoms with Crippen molar-refractivity contribution in [3.05, 3.63) is 89.2 Å². The number of nitrogens with zero attached hydrogens (tertiary/aromatic N) is 5. The van der Waals surface area contributed by atoms with Gasteiger partial charge in [0.2, 0.25) is 5.91 Å². The molecule has 0 radical (unpaired) electrons. The first-order valence-electron chi connectivity index (χ1n) is 13.1. The summed E-state index contributed by atoms with van der Waals surface area (Å²) in [6.07, 6.45) is 1.28. The zero-order valence-electron chi connectivity index (χ0n) is 22.7. The minimum Gasteiger partial charge on any atom is -0.478 e. The topological polar surface area (TPSA) is 201 Å². The predicted octanol–water partition coefficient (Wildman–Crippen LogP) is 1.85. The molecule has 1 aromatic heterocycles. The standard InChI is InChI=1S/C28H24ClN9O6/c29-18-5-10-23(38-15-31-35-36-38)21(14-18)33-25(40)26(41)34-22(24(39)32-19-6-3-17(4-7-19)27(42)43)13-16-1-8-20(9-2-16)37-12-11-30-28(37)44/h1-10,14-15,22H,11-13H2,(H,30,44)(H,32,39)(H,33,40)(H,34,41)(H,42,43)/t22-/m0/s1. The highest BCUT2D eigenvalue weighted by molar-refractivity contribution is 6.40. The fourth-order valence-corrected chi connectivity index (χ4v) is 4.56. The Morgan fingerprint density at radius 2 is 1.73 bits per heavy atom. The van der Waals surface area contributed by atoms with E-state index in [9.17, 15) is 24.0 Å². The molecule has 0 unspecified atom stereocenters. The van der Waals surface area contributed by atoms with Crippen LogP contribution in [0.25, 0.3) is 5.69 Å². The molecule has 2 heterocycles. The molecule has 224 valence electrons. The molecule has 0 aliphatic carbocycles.